The Morgan fingerprint density at radius 3 is 1.49 bits per heavy atom. The molecule has 12 nitrogen and oxygen atoms in total. The standard InChI is InChI=1S/C33H34N6O6/c1-4-42-32(40)21-44-29-15-10-26(11-16-29)35-34-24-6-8-25(9-7-24)37-39-31-19-14-28(20-23(31)3)38-36-27-12-17-30(18-13-27)45-22-33(41)43-5-2/h6-20,36,38H,4-5,21-22H2,1-3H3. The third-order valence-electron chi connectivity index (χ3n) is 5.97. The van der Waals surface area contributed by atoms with Crippen LogP contribution in [0.5, 0.6) is 11.5 Å². The lowest BCUT2D eigenvalue weighted by molar-refractivity contribution is -0.146. The second-order valence-corrected chi connectivity index (χ2v) is 9.37. The molecule has 0 bridgehead atoms. The molecular weight excluding hydrogens is 576 g/mol. The van der Waals surface area contributed by atoms with Gasteiger partial charge in [0, 0.05) is 0 Å². The Hall–Kier alpha value is -5.78. The number of esters is 2. The Balaban J connectivity index is 1.24. The average molecular weight is 611 g/mol. The van der Waals surface area contributed by atoms with E-state index in [0.717, 1.165) is 22.6 Å². The van der Waals surface area contributed by atoms with E-state index >= 15 is 0 Å². The lowest BCUT2D eigenvalue weighted by Crippen LogP contribution is -2.14. The second-order valence-electron chi connectivity index (χ2n) is 9.37. The molecule has 0 aliphatic heterocycles. The highest BCUT2D eigenvalue weighted by Gasteiger charge is 2.05. The number of nitrogens with one attached hydrogen (secondary N) is 2. The predicted octanol–water partition coefficient (Wildman–Crippen LogP) is 8.15. The Bertz CT molecular complexity index is 1610. The lowest BCUT2D eigenvalue weighted by Gasteiger charge is -2.12. The molecular formula is C33H34N6O6. The van der Waals surface area contributed by atoms with Crippen LogP contribution in [0.15, 0.2) is 111 Å². The summed E-state index contributed by atoms with van der Waals surface area (Å²) in [7, 11) is 0. The van der Waals surface area contributed by atoms with Gasteiger partial charge in [0.1, 0.15) is 11.5 Å². The second kappa shape index (κ2) is 16.8. The monoisotopic (exact) mass is 610 g/mol. The zero-order valence-electron chi connectivity index (χ0n) is 25.2. The van der Waals surface area contributed by atoms with Crippen molar-refractivity contribution in [2.45, 2.75) is 20.8 Å². The van der Waals surface area contributed by atoms with Crippen molar-refractivity contribution in [3.8, 4) is 11.5 Å². The Labute approximate surface area is 261 Å². The highest BCUT2D eigenvalue weighted by molar-refractivity contribution is 5.71. The van der Waals surface area contributed by atoms with Crippen LogP contribution in [0, 0.1) is 6.92 Å². The molecule has 12 heteroatoms. The van der Waals surface area contributed by atoms with Gasteiger partial charge >= 0.3 is 11.9 Å². The molecule has 0 radical (unpaired) electrons. The molecule has 0 spiro atoms. The number of carbonyl (C=O) groups excluding carboxylic acids is 2. The fourth-order valence-corrected chi connectivity index (χ4v) is 3.74. The minimum atomic E-state index is -0.416. The van der Waals surface area contributed by atoms with Gasteiger partial charge in [-0.15, -0.1) is 0 Å². The van der Waals surface area contributed by atoms with Crippen molar-refractivity contribution in [3.05, 3.63) is 96.6 Å². The van der Waals surface area contributed by atoms with Crippen LogP contribution < -0.4 is 20.3 Å². The summed E-state index contributed by atoms with van der Waals surface area (Å²) in [6, 6.07) is 27.1. The van der Waals surface area contributed by atoms with Gasteiger partial charge < -0.3 is 29.8 Å². The largest absolute Gasteiger partial charge is 0.482 e. The van der Waals surface area contributed by atoms with E-state index in [0.29, 0.717) is 41.8 Å². The molecule has 0 heterocycles. The van der Waals surface area contributed by atoms with Gasteiger partial charge in [-0.3, -0.25) is 0 Å². The fourth-order valence-electron chi connectivity index (χ4n) is 3.74. The first-order valence-electron chi connectivity index (χ1n) is 14.2. The van der Waals surface area contributed by atoms with Crippen molar-refractivity contribution in [2.75, 3.05) is 37.3 Å². The van der Waals surface area contributed by atoms with Gasteiger partial charge in [-0.25, -0.2) is 9.59 Å². The summed E-state index contributed by atoms with van der Waals surface area (Å²) in [5.41, 5.74) is 11.6. The molecule has 0 aliphatic rings. The Morgan fingerprint density at radius 1 is 0.578 bits per heavy atom. The number of azo groups is 2. The summed E-state index contributed by atoms with van der Waals surface area (Å²) in [6.45, 7) is 5.81. The third-order valence-corrected chi connectivity index (χ3v) is 5.97. The quantitative estimate of drug-likeness (QED) is 0.0779. The molecule has 4 rings (SSSR count). The van der Waals surface area contributed by atoms with Crippen LogP contribution in [0.4, 0.5) is 34.1 Å². The number of hydrazine groups is 1. The van der Waals surface area contributed by atoms with E-state index in [4.69, 9.17) is 18.9 Å². The summed E-state index contributed by atoms with van der Waals surface area (Å²) in [4.78, 5) is 22.8. The SMILES string of the molecule is CCOC(=O)COc1ccc(N=Nc2ccc(N=Nc3ccc(NNc4ccc(OCC(=O)OCC)cc4)cc3C)cc2)cc1. The summed E-state index contributed by atoms with van der Waals surface area (Å²) >= 11 is 0. The van der Waals surface area contributed by atoms with Crippen LogP contribution >= 0.6 is 0 Å². The number of aryl methyl sites for hydroxylation is 1. The van der Waals surface area contributed by atoms with E-state index in [1.807, 2.05) is 49.4 Å². The zero-order chi connectivity index (χ0) is 31.9. The molecule has 4 aromatic carbocycles. The van der Waals surface area contributed by atoms with E-state index in [1.165, 1.54) is 0 Å². The fraction of sp³-hybridized carbons (Fsp3) is 0.212. The summed E-state index contributed by atoms with van der Waals surface area (Å²) in [6.07, 6.45) is 0. The topological polar surface area (TPSA) is 145 Å². The van der Waals surface area contributed by atoms with Crippen molar-refractivity contribution < 1.29 is 28.5 Å². The van der Waals surface area contributed by atoms with Gasteiger partial charge in [0.2, 0.25) is 0 Å². The summed E-state index contributed by atoms with van der Waals surface area (Å²) in [5, 5.41) is 17.2. The number of ether oxygens (including phenoxy) is 4. The summed E-state index contributed by atoms with van der Waals surface area (Å²) in [5.74, 6) is 0.288. The maximum atomic E-state index is 11.4. The van der Waals surface area contributed by atoms with Crippen molar-refractivity contribution in [1.82, 2.24) is 0 Å². The Morgan fingerprint density at radius 2 is 1.00 bits per heavy atom. The number of nitrogens with zero attached hydrogens (tertiary/aromatic N) is 4. The normalized spacial score (nSPS) is 10.9. The highest BCUT2D eigenvalue weighted by atomic mass is 16.6. The average Bonchev–Trinajstić information content (AvgIpc) is 3.06. The zero-order valence-corrected chi connectivity index (χ0v) is 25.2. The van der Waals surface area contributed by atoms with Crippen LogP contribution in [-0.2, 0) is 19.1 Å². The van der Waals surface area contributed by atoms with Crippen LogP contribution in [0.25, 0.3) is 0 Å². The molecule has 0 unspecified atom stereocenters. The minimum absolute atomic E-state index is 0.130. The van der Waals surface area contributed by atoms with Crippen LogP contribution in [0.1, 0.15) is 19.4 Å². The van der Waals surface area contributed by atoms with E-state index in [1.54, 1.807) is 62.4 Å². The molecule has 0 aromatic heterocycles. The van der Waals surface area contributed by atoms with Crippen molar-refractivity contribution in [2.24, 2.45) is 20.5 Å². The molecule has 45 heavy (non-hydrogen) atoms. The van der Waals surface area contributed by atoms with E-state index in [9.17, 15) is 9.59 Å². The van der Waals surface area contributed by atoms with Crippen molar-refractivity contribution >= 4 is 46.1 Å². The van der Waals surface area contributed by atoms with Gasteiger partial charge in [0.15, 0.2) is 13.2 Å². The molecule has 0 saturated carbocycles. The van der Waals surface area contributed by atoms with Gasteiger partial charge in [0.05, 0.1) is 47.3 Å². The molecule has 0 fully saturated rings. The van der Waals surface area contributed by atoms with Gasteiger partial charge in [-0.1, -0.05) is 0 Å². The number of anilines is 2. The predicted molar refractivity (Wildman–Crippen MR) is 170 cm³/mol. The molecule has 0 aliphatic carbocycles. The molecule has 4 aromatic rings. The first-order chi connectivity index (χ1) is 21.9. The van der Waals surface area contributed by atoms with Crippen molar-refractivity contribution in [3.63, 3.8) is 0 Å². The summed E-state index contributed by atoms with van der Waals surface area (Å²) < 4.78 is 20.5. The number of hydrogen-bond donors (Lipinski definition) is 2. The highest BCUT2D eigenvalue weighted by Crippen LogP contribution is 2.27. The smallest absolute Gasteiger partial charge is 0.344 e. The van der Waals surface area contributed by atoms with E-state index in [-0.39, 0.29) is 13.2 Å². The maximum Gasteiger partial charge on any atom is 0.344 e. The number of benzene rings is 4. The third kappa shape index (κ3) is 10.8. The maximum absolute atomic E-state index is 11.4. The minimum Gasteiger partial charge on any atom is -0.482 e. The van der Waals surface area contributed by atoms with Crippen LogP contribution in [-0.4, -0.2) is 38.4 Å². The van der Waals surface area contributed by atoms with Gasteiger partial charge in [0.25, 0.3) is 0 Å². The first-order valence-corrected chi connectivity index (χ1v) is 14.2. The van der Waals surface area contributed by atoms with Crippen LogP contribution in [0.2, 0.25) is 0 Å². The number of rotatable bonds is 15. The number of hydrogen-bond acceptors (Lipinski definition) is 12. The Kier molecular flexibility index (Phi) is 12.0. The molecule has 232 valence electrons. The molecule has 2 N–H and O–H groups in total. The number of carbonyl (C=O) groups is 2. The van der Waals surface area contributed by atoms with E-state index < -0.39 is 11.9 Å². The van der Waals surface area contributed by atoms with Gasteiger partial charge in [-0.05, 0) is 117 Å². The van der Waals surface area contributed by atoms with Gasteiger partial charge in [-0.2, -0.15) is 20.5 Å². The molecule has 0 atom stereocenters. The van der Waals surface area contributed by atoms with Crippen molar-refractivity contribution in [1.29, 1.82) is 0 Å². The lowest BCUT2D eigenvalue weighted by atomic mass is 10.2. The van der Waals surface area contributed by atoms with Crippen LogP contribution in [0.3, 0.4) is 0 Å². The molecule has 0 saturated heterocycles. The molecule has 0 amide bonds. The first kappa shape index (κ1) is 32.1. The van der Waals surface area contributed by atoms with E-state index in [2.05, 4.69) is 31.3 Å².